The molecule has 1 aromatic rings. The summed E-state index contributed by atoms with van der Waals surface area (Å²) in [4.78, 5) is 68.2. The van der Waals surface area contributed by atoms with Crippen LogP contribution in [0.1, 0.15) is 12.0 Å². The highest BCUT2D eigenvalue weighted by Crippen LogP contribution is 2.23. The van der Waals surface area contributed by atoms with E-state index in [-0.39, 0.29) is 6.42 Å². The summed E-state index contributed by atoms with van der Waals surface area (Å²) in [5.74, 6) is 0.252. The summed E-state index contributed by atoms with van der Waals surface area (Å²) in [6, 6.07) is 6.11. The van der Waals surface area contributed by atoms with Crippen LogP contribution in [0.15, 0.2) is 43.0 Å². The first-order chi connectivity index (χ1) is 18.0. The molecule has 0 radical (unpaired) electrons. The number of hydrogen-bond acceptors (Lipinski definition) is 15. The van der Waals surface area contributed by atoms with Gasteiger partial charge in [-0.25, -0.2) is 4.79 Å². The van der Waals surface area contributed by atoms with Crippen LogP contribution in [0, 0.1) is 35.8 Å². The lowest BCUT2D eigenvalue weighted by Crippen LogP contribution is -2.43. The average molecular weight is 578 g/mol. The molecule has 0 saturated carbocycles. The molecule has 0 spiro atoms. The summed E-state index contributed by atoms with van der Waals surface area (Å²) < 4.78 is 10.2. The number of hydrogen-bond donors (Lipinski definition) is 0. The lowest BCUT2D eigenvalue weighted by atomic mass is 9.92. The van der Waals surface area contributed by atoms with Crippen LogP contribution in [0.25, 0.3) is 6.08 Å². The predicted octanol–water partition coefficient (Wildman–Crippen LogP) is 2.72. The average Bonchev–Trinajstić information content (AvgIpc) is 2.87. The number of ether oxygens (including phenoxy) is 2. The van der Waals surface area contributed by atoms with Gasteiger partial charge in [-0.2, -0.15) is 0 Å². The largest absolute Gasteiger partial charge is 0.462 e. The number of esters is 2. The first-order valence-electron chi connectivity index (χ1n) is 10.4. The van der Waals surface area contributed by atoms with Crippen LogP contribution in [0.2, 0.25) is 0 Å². The van der Waals surface area contributed by atoms with Gasteiger partial charge < -0.3 is 24.0 Å². The summed E-state index contributed by atoms with van der Waals surface area (Å²) >= 11 is 0. The van der Waals surface area contributed by atoms with Crippen LogP contribution in [-0.4, -0.2) is 65.1 Å². The van der Waals surface area contributed by atoms with E-state index in [1.54, 1.807) is 29.0 Å². The molecule has 0 atom stereocenters. The molecule has 0 aromatic heterocycles. The number of carbonyl (C=O) groups excluding carboxylic acids is 2. The van der Waals surface area contributed by atoms with Crippen molar-refractivity contribution >= 4 is 39.6 Å². The van der Waals surface area contributed by atoms with Crippen molar-refractivity contribution in [3.8, 4) is 5.75 Å². The number of rotatable bonds is 20. The van der Waals surface area contributed by atoms with Gasteiger partial charge in [0.25, 0.3) is 15.3 Å². The molecule has 0 fully saturated rings. The SMILES string of the molecule is C=CCSSCCC(=O)Oc1ccc(/C=C/C(=O)OCC(CO[N+](=O)[O-])(CO[N+](=O)[O-])CO[N+](=O)[O-])cc1. The summed E-state index contributed by atoms with van der Waals surface area (Å²) in [6.45, 7) is -0.113. The van der Waals surface area contributed by atoms with Gasteiger partial charge in [0.15, 0.2) is 0 Å². The molecular formula is C20H23N3O13S2. The molecule has 0 amide bonds. The molecule has 0 bridgehead atoms. The third kappa shape index (κ3) is 14.5. The van der Waals surface area contributed by atoms with Crippen molar-refractivity contribution in [1.29, 1.82) is 0 Å². The lowest BCUT2D eigenvalue weighted by molar-refractivity contribution is -0.782. The van der Waals surface area contributed by atoms with E-state index < -0.39 is 59.0 Å². The Kier molecular flexibility index (Phi) is 14.6. The van der Waals surface area contributed by atoms with Gasteiger partial charge in [-0.15, -0.1) is 36.9 Å². The Balaban J connectivity index is 2.71. The summed E-state index contributed by atoms with van der Waals surface area (Å²) in [7, 11) is 3.10. The molecule has 0 aliphatic carbocycles. The maximum atomic E-state index is 12.1. The fourth-order valence-electron chi connectivity index (χ4n) is 2.37. The third-order valence-electron chi connectivity index (χ3n) is 4.13. The van der Waals surface area contributed by atoms with Crippen molar-refractivity contribution in [3.05, 3.63) is 78.9 Å². The Morgan fingerprint density at radius 3 is 1.95 bits per heavy atom. The smallest absolute Gasteiger partial charge is 0.330 e. The van der Waals surface area contributed by atoms with E-state index in [9.17, 15) is 39.9 Å². The van der Waals surface area contributed by atoms with E-state index >= 15 is 0 Å². The zero-order valence-electron chi connectivity index (χ0n) is 19.7. The van der Waals surface area contributed by atoms with Gasteiger partial charge >= 0.3 is 11.9 Å². The van der Waals surface area contributed by atoms with Crippen LogP contribution >= 0.6 is 21.6 Å². The maximum absolute atomic E-state index is 12.1. The molecule has 0 heterocycles. The topological polar surface area (TPSA) is 210 Å². The highest BCUT2D eigenvalue weighted by molar-refractivity contribution is 8.76. The summed E-state index contributed by atoms with van der Waals surface area (Å²) in [5, 5.41) is 28.0. The molecule has 16 nitrogen and oxygen atoms in total. The molecule has 0 unspecified atom stereocenters. The van der Waals surface area contributed by atoms with Gasteiger partial charge in [0.2, 0.25) is 0 Å². The second-order valence-corrected chi connectivity index (χ2v) is 9.75. The van der Waals surface area contributed by atoms with Crippen LogP contribution in [-0.2, 0) is 28.8 Å². The van der Waals surface area contributed by atoms with Crippen molar-refractivity contribution in [3.63, 3.8) is 0 Å². The molecule has 1 aromatic carbocycles. The van der Waals surface area contributed by atoms with Crippen molar-refractivity contribution < 1.29 is 48.8 Å². The minimum atomic E-state index is -1.95. The molecule has 1 rings (SSSR count). The molecule has 0 aliphatic rings. The Morgan fingerprint density at radius 2 is 1.45 bits per heavy atom. The van der Waals surface area contributed by atoms with Crippen molar-refractivity contribution in [1.82, 2.24) is 0 Å². The molecular weight excluding hydrogens is 554 g/mol. The highest BCUT2D eigenvalue weighted by Gasteiger charge is 2.37. The van der Waals surface area contributed by atoms with Crippen LogP contribution in [0.3, 0.4) is 0 Å². The highest BCUT2D eigenvalue weighted by atomic mass is 33.1. The molecule has 38 heavy (non-hydrogen) atoms. The van der Waals surface area contributed by atoms with Crippen molar-refractivity contribution in [2.45, 2.75) is 6.42 Å². The first kappa shape index (κ1) is 32.0. The minimum Gasteiger partial charge on any atom is -0.462 e. The molecule has 0 aliphatic heterocycles. The van der Waals surface area contributed by atoms with E-state index in [2.05, 4.69) is 21.1 Å². The van der Waals surface area contributed by atoms with E-state index in [1.807, 2.05) is 0 Å². The molecule has 0 saturated heterocycles. The van der Waals surface area contributed by atoms with Gasteiger partial charge in [0.05, 0.1) is 11.8 Å². The lowest BCUT2D eigenvalue weighted by Gasteiger charge is -2.29. The van der Waals surface area contributed by atoms with Crippen molar-refractivity contribution in [2.24, 2.45) is 5.41 Å². The van der Waals surface area contributed by atoms with Gasteiger partial charge in [-0.3, -0.25) is 4.79 Å². The number of nitrogens with zero attached hydrogens (tertiary/aromatic N) is 3. The standard InChI is InChI=1S/C20H23N3O13S2/c1-2-10-37-38-11-9-19(25)36-17-6-3-16(4-7-17)5-8-18(24)32-12-20(13-33-21(26)27,14-34-22(28)29)15-35-23(30)31/h2-8H,1,9-15H2/b8-5+. The van der Waals surface area contributed by atoms with Gasteiger partial charge in [0.1, 0.15) is 32.2 Å². The predicted molar refractivity (Wildman–Crippen MR) is 133 cm³/mol. The van der Waals surface area contributed by atoms with E-state index in [4.69, 9.17) is 9.47 Å². The van der Waals surface area contributed by atoms with E-state index in [0.29, 0.717) is 17.1 Å². The zero-order valence-corrected chi connectivity index (χ0v) is 21.3. The van der Waals surface area contributed by atoms with Crippen LogP contribution < -0.4 is 4.74 Å². The van der Waals surface area contributed by atoms with Gasteiger partial charge in [0, 0.05) is 17.6 Å². The molecule has 18 heteroatoms. The fourth-order valence-corrected chi connectivity index (χ4v) is 4.11. The minimum absolute atomic E-state index is 0.218. The van der Waals surface area contributed by atoms with Gasteiger partial charge in [-0.05, 0) is 23.8 Å². The molecule has 208 valence electrons. The second-order valence-electron chi connectivity index (χ2n) is 7.12. The maximum Gasteiger partial charge on any atom is 0.330 e. The second kappa shape index (κ2) is 17.4. The monoisotopic (exact) mass is 577 g/mol. The van der Waals surface area contributed by atoms with Crippen LogP contribution in [0.5, 0.6) is 5.75 Å². The number of carbonyl (C=O) groups is 2. The molecule has 0 N–H and O–H groups in total. The Bertz CT molecular complexity index is 959. The summed E-state index contributed by atoms with van der Waals surface area (Å²) in [5.41, 5.74) is -1.44. The Hall–Kier alpha value is -4.06. The number of benzene rings is 1. The normalized spacial score (nSPS) is 10.8. The van der Waals surface area contributed by atoms with Gasteiger partial charge in [-0.1, -0.05) is 39.8 Å². The quantitative estimate of drug-likeness (QED) is 0.0319. The zero-order chi connectivity index (χ0) is 28.4. The van der Waals surface area contributed by atoms with E-state index in [0.717, 1.165) is 11.8 Å². The first-order valence-corrected chi connectivity index (χ1v) is 12.9. The Morgan fingerprint density at radius 1 is 0.895 bits per heavy atom. The Labute approximate surface area is 223 Å². The van der Waals surface area contributed by atoms with Crippen molar-refractivity contribution in [2.75, 3.05) is 37.9 Å². The fraction of sp³-hybridized carbons (Fsp3) is 0.400. The van der Waals surface area contributed by atoms with E-state index in [1.165, 1.54) is 29.0 Å². The summed E-state index contributed by atoms with van der Waals surface area (Å²) in [6.07, 6.45) is 4.28. The third-order valence-corrected chi connectivity index (χ3v) is 6.45. The van der Waals surface area contributed by atoms with Crippen LogP contribution in [0.4, 0.5) is 0 Å².